The molecule has 0 aromatic heterocycles. The van der Waals surface area contributed by atoms with Crippen LogP contribution in [-0.4, -0.2) is 108 Å². The van der Waals surface area contributed by atoms with E-state index in [1.807, 2.05) is 0 Å². The van der Waals surface area contributed by atoms with E-state index in [9.17, 15) is 9.59 Å². The third-order valence-corrected chi connectivity index (χ3v) is 7.29. The molecule has 212 valence electrons. The highest BCUT2D eigenvalue weighted by Gasteiger charge is 2.72. The van der Waals surface area contributed by atoms with Crippen molar-refractivity contribution in [3.05, 3.63) is 11.6 Å². The summed E-state index contributed by atoms with van der Waals surface area (Å²) in [5, 5.41) is 8.26. The van der Waals surface area contributed by atoms with Gasteiger partial charge in [-0.3, -0.25) is 4.79 Å². The molecule has 3 N–H and O–H groups in total. The van der Waals surface area contributed by atoms with Crippen molar-refractivity contribution in [3.8, 4) is 0 Å². The molecule has 1 saturated carbocycles. The number of hydrogen-bond donors (Lipinski definition) is 3. The summed E-state index contributed by atoms with van der Waals surface area (Å²) < 4.78 is 34.7. The van der Waals surface area contributed by atoms with E-state index in [4.69, 9.17) is 28.4 Å². The number of likely N-dealkylation sites (N-methyl/N-ethyl adjacent to an activating group) is 1. The second-order valence-corrected chi connectivity index (χ2v) is 10.4. The van der Waals surface area contributed by atoms with E-state index < -0.39 is 6.09 Å². The van der Waals surface area contributed by atoms with E-state index in [1.165, 1.54) is 5.57 Å². The number of hydrogen-bond acceptors (Lipinski definition) is 9. The lowest BCUT2D eigenvalue weighted by atomic mass is 9.68. The van der Waals surface area contributed by atoms with E-state index in [0.717, 1.165) is 12.8 Å². The maximum absolute atomic E-state index is 12.5. The fourth-order valence-corrected chi connectivity index (χ4v) is 5.28. The van der Waals surface area contributed by atoms with Crippen LogP contribution in [-0.2, 0) is 33.2 Å². The number of methoxy groups -OCH3 is 1. The zero-order chi connectivity index (χ0) is 26.9. The summed E-state index contributed by atoms with van der Waals surface area (Å²) in [6, 6.07) is 0. The lowest BCUT2D eigenvalue weighted by Crippen LogP contribution is -2.56. The van der Waals surface area contributed by atoms with Crippen molar-refractivity contribution in [1.29, 1.82) is 0 Å². The molecule has 2 aliphatic heterocycles. The predicted molar refractivity (Wildman–Crippen MR) is 136 cm³/mol. The van der Waals surface area contributed by atoms with Gasteiger partial charge in [-0.05, 0) is 47.1 Å². The Morgan fingerprint density at radius 1 is 1.08 bits per heavy atom. The van der Waals surface area contributed by atoms with Crippen LogP contribution in [0.3, 0.4) is 0 Å². The highest BCUT2D eigenvalue weighted by molar-refractivity contribution is 5.77. The van der Waals surface area contributed by atoms with Crippen LogP contribution in [0.5, 0.6) is 0 Å². The highest BCUT2D eigenvalue weighted by Crippen LogP contribution is 2.59. The number of alkyl carbamates (subject to hydrolysis) is 1. The van der Waals surface area contributed by atoms with Crippen LogP contribution in [0.15, 0.2) is 11.6 Å². The monoisotopic (exact) mass is 527 g/mol. The number of carbonyl (C=O) groups is 2. The van der Waals surface area contributed by atoms with Crippen molar-refractivity contribution in [2.24, 2.45) is 5.92 Å². The van der Waals surface area contributed by atoms with Crippen molar-refractivity contribution in [2.45, 2.75) is 69.5 Å². The molecule has 37 heavy (non-hydrogen) atoms. The van der Waals surface area contributed by atoms with Gasteiger partial charge < -0.3 is 44.4 Å². The Hall–Kier alpha value is -1.76. The summed E-state index contributed by atoms with van der Waals surface area (Å²) in [4.78, 5) is 23.8. The summed E-state index contributed by atoms with van der Waals surface area (Å²) in [7, 11) is 3.38. The number of rotatable bonds is 16. The Morgan fingerprint density at radius 2 is 1.76 bits per heavy atom. The Morgan fingerprint density at radius 3 is 2.35 bits per heavy atom. The smallest absolute Gasteiger partial charge is 0.407 e. The third-order valence-electron chi connectivity index (χ3n) is 7.29. The highest BCUT2D eigenvalue weighted by atomic mass is 16.6. The fourth-order valence-electron chi connectivity index (χ4n) is 5.28. The molecule has 3 fully saturated rings. The summed E-state index contributed by atoms with van der Waals surface area (Å²) >= 11 is 0. The second kappa shape index (κ2) is 13.9. The average Bonchev–Trinajstić information content (AvgIpc) is 3.77. The minimum absolute atomic E-state index is 0.00734. The molecule has 0 aromatic carbocycles. The van der Waals surface area contributed by atoms with Gasteiger partial charge in [-0.1, -0.05) is 11.6 Å². The molecule has 11 nitrogen and oxygen atoms in total. The Balaban J connectivity index is 1.34. The van der Waals surface area contributed by atoms with Crippen LogP contribution in [0.1, 0.15) is 40.0 Å². The zero-order valence-electron chi connectivity index (χ0n) is 22.9. The Labute approximate surface area is 220 Å². The number of epoxide rings is 2. The fraction of sp³-hybridized carbons (Fsp3) is 0.846. The number of amides is 2. The van der Waals surface area contributed by atoms with Gasteiger partial charge in [0.05, 0.1) is 51.6 Å². The molecule has 0 aromatic rings. The van der Waals surface area contributed by atoms with Crippen LogP contribution in [0.25, 0.3) is 0 Å². The van der Waals surface area contributed by atoms with Crippen LogP contribution >= 0.6 is 0 Å². The molecule has 1 spiro atoms. The minimum atomic E-state index is -0.487. The molecule has 6 atom stereocenters. The number of allylic oxidation sites excluding steroid dienone is 1. The number of carbonyl (C=O) groups excluding carboxylic acids is 2. The summed E-state index contributed by atoms with van der Waals surface area (Å²) in [5.41, 5.74) is 0.651. The molecular formula is C26H45N3O8. The van der Waals surface area contributed by atoms with Crippen LogP contribution in [0.4, 0.5) is 4.79 Å². The van der Waals surface area contributed by atoms with Gasteiger partial charge in [-0.15, -0.1) is 0 Å². The molecule has 3 unspecified atom stereocenters. The van der Waals surface area contributed by atoms with Crippen molar-refractivity contribution in [1.82, 2.24) is 16.0 Å². The van der Waals surface area contributed by atoms with E-state index in [2.05, 4.69) is 42.8 Å². The molecule has 3 rings (SSSR count). The van der Waals surface area contributed by atoms with Gasteiger partial charge in [0.25, 0.3) is 0 Å². The molecule has 0 bridgehead atoms. The first-order valence-corrected chi connectivity index (χ1v) is 13.2. The normalized spacial score (nSPS) is 32.0. The zero-order valence-corrected chi connectivity index (χ0v) is 22.9. The van der Waals surface area contributed by atoms with Crippen LogP contribution in [0.2, 0.25) is 0 Å². The van der Waals surface area contributed by atoms with Crippen molar-refractivity contribution < 1.29 is 38.0 Å². The molecule has 2 heterocycles. The predicted octanol–water partition coefficient (Wildman–Crippen LogP) is 1.16. The number of nitrogens with one attached hydrogen (secondary N) is 3. The molecule has 2 amide bonds. The number of ether oxygens (including phenoxy) is 6. The van der Waals surface area contributed by atoms with Gasteiger partial charge >= 0.3 is 6.09 Å². The first kappa shape index (κ1) is 29.8. The van der Waals surface area contributed by atoms with Crippen LogP contribution in [0, 0.1) is 5.92 Å². The Bertz CT molecular complexity index is 786. The Kier molecular flexibility index (Phi) is 11.2. The first-order valence-electron chi connectivity index (χ1n) is 13.2. The van der Waals surface area contributed by atoms with Crippen molar-refractivity contribution in [3.63, 3.8) is 0 Å². The van der Waals surface area contributed by atoms with E-state index in [1.54, 1.807) is 14.2 Å². The molecule has 1 aliphatic carbocycles. The molecule has 3 aliphatic rings. The largest absolute Gasteiger partial charge is 0.443 e. The van der Waals surface area contributed by atoms with Gasteiger partial charge in [-0.2, -0.15) is 0 Å². The molecule has 2 saturated heterocycles. The first-order chi connectivity index (χ1) is 17.8. The summed E-state index contributed by atoms with van der Waals surface area (Å²) in [6.45, 7) is 9.60. The SMILES string of the molecule is CNCC(=O)NCCOCCOCCNC(=O)OC1CC[C@]2(CO2)C([C@@]2(C)O[C@@H]2CC=C(C)C)C1OC. The van der Waals surface area contributed by atoms with Gasteiger partial charge in [0.1, 0.15) is 23.4 Å². The lowest BCUT2D eigenvalue weighted by Gasteiger charge is -2.42. The average molecular weight is 528 g/mol. The molecule has 11 heteroatoms. The lowest BCUT2D eigenvalue weighted by molar-refractivity contribution is -0.120. The standard InChI is InChI=1S/C26H45N3O8/c1-18(2)6-7-20-25(3,37-20)23-22(32-5)19(8-9-26(23)17-35-26)36-24(31)29-11-13-34-15-14-33-12-10-28-21(30)16-27-4/h6,19-20,22-23,27H,7-17H2,1-5H3,(H,28,30)(H,29,31)/t19?,20-,22?,23?,25+,26+/m1/s1. The molecule has 0 radical (unpaired) electrons. The summed E-state index contributed by atoms with van der Waals surface area (Å²) in [6.07, 6.45) is 3.48. The van der Waals surface area contributed by atoms with Gasteiger partial charge in [0.2, 0.25) is 5.91 Å². The van der Waals surface area contributed by atoms with E-state index >= 15 is 0 Å². The molecular weight excluding hydrogens is 482 g/mol. The van der Waals surface area contributed by atoms with E-state index in [-0.39, 0.29) is 47.9 Å². The summed E-state index contributed by atoms with van der Waals surface area (Å²) in [5.74, 6) is -0.0768. The topological polar surface area (TPSA) is 132 Å². The maximum Gasteiger partial charge on any atom is 0.407 e. The minimum Gasteiger partial charge on any atom is -0.443 e. The van der Waals surface area contributed by atoms with E-state index in [0.29, 0.717) is 52.5 Å². The van der Waals surface area contributed by atoms with Crippen LogP contribution < -0.4 is 16.0 Å². The van der Waals surface area contributed by atoms with Gasteiger partial charge in [-0.25, -0.2) is 4.79 Å². The quantitative estimate of drug-likeness (QED) is 0.154. The van der Waals surface area contributed by atoms with Gasteiger partial charge in [0, 0.05) is 20.2 Å². The van der Waals surface area contributed by atoms with Gasteiger partial charge in [0.15, 0.2) is 0 Å². The van der Waals surface area contributed by atoms with Crippen molar-refractivity contribution >= 4 is 12.0 Å². The maximum atomic E-state index is 12.5. The second-order valence-electron chi connectivity index (χ2n) is 10.4. The van der Waals surface area contributed by atoms with Crippen molar-refractivity contribution in [2.75, 3.05) is 66.8 Å². The third kappa shape index (κ3) is 8.36.